The number of ether oxygens (including phenoxy) is 1. The van der Waals surface area contributed by atoms with E-state index in [1.165, 1.54) is 25.7 Å². The molecule has 2 saturated heterocycles. The van der Waals surface area contributed by atoms with E-state index >= 15 is 0 Å². The molecular weight excluding hydrogens is 316 g/mol. The molecule has 2 aliphatic heterocycles. The lowest BCUT2D eigenvalue weighted by Crippen LogP contribution is -2.57. The van der Waals surface area contributed by atoms with E-state index in [-0.39, 0.29) is 6.10 Å². The molecule has 3 aliphatic rings. The van der Waals surface area contributed by atoms with Crippen LogP contribution in [0.15, 0.2) is 18.5 Å². The molecule has 138 valence electrons. The van der Waals surface area contributed by atoms with Crippen molar-refractivity contribution in [3.05, 3.63) is 18.5 Å². The maximum atomic E-state index is 13.1. The summed E-state index contributed by atoms with van der Waals surface area (Å²) in [6.45, 7) is 3.92. The van der Waals surface area contributed by atoms with Gasteiger partial charge in [-0.25, -0.2) is 0 Å². The van der Waals surface area contributed by atoms with E-state index in [1.54, 1.807) is 0 Å². The number of hydrogen-bond acceptors (Lipinski definition) is 4. The Balaban J connectivity index is 1.39. The molecule has 6 nitrogen and oxygen atoms in total. The number of aromatic nitrogens is 2. The topological polar surface area (TPSA) is 50.6 Å². The van der Waals surface area contributed by atoms with Crippen molar-refractivity contribution in [3.63, 3.8) is 0 Å². The first-order valence-corrected chi connectivity index (χ1v) is 9.94. The lowest BCUT2D eigenvalue weighted by molar-refractivity contribution is -0.151. The molecule has 0 N–H and O–H groups in total. The highest BCUT2D eigenvalue weighted by Crippen LogP contribution is 2.29. The molecule has 1 amide bonds. The van der Waals surface area contributed by atoms with E-state index < -0.39 is 0 Å². The zero-order chi connectivity index (χ0) is 17.1. The molecule has 25 heavy (non-hydrogen) atoms. The minimum Gasteiger partial charge on any atom is -0.374 e. The van der Waals surface area contributed by atoms with Crippen molar-refractivity contribution in [2.24, 2.45) is 0 Å². The predicted molar refractivity (Wildman–Crippen MR) is 95.1 cm³/mol. The molecule has 0 spiro atoms. The number of morpholine rings is 1. The highest BCUT2D eigenvalue weighted by molar-refractivity contribution is 5.79. The fraction of sp³-hybridized carbons (Fsp3) is 0.789. The Labute approximate surface area is 150 Å². The molecule has 3 fully saturated rings. The standard InChI is InChI=1S/C19H30N4O2/c24-19(23-12-13-25-18-8-2-1-7-17(18)23)15-21-10-4-3-6-16(21)14-22-11-5-9-20-22/h5,9,11,16-18H,1-4,6-8,10,12-15H2/t16-,17-,18+/m1/s1. The number of likely N-dealkylation sites (tertiary alicyclic amines) is 1. The van der Waals surface area contributed by atoms with Gasteiger partial charge in [-0.05, 0) is 38.3 Å². The van der Waals surface area contributed by atoms with E-state index in [0.29, 0.717) is 31.1 Å². The van der Waals surface area contributed by atoms with E-state index in [4.69, 9.17) is 4.74 Å². The number of nitrogens with zero attached hydrogens (tertiary/aromatic N) is 4. The van der Waals surface area contributed by atoms with Gasteiger partial charge in [0.25, 0.3) is 0 Å². The Bertz CT molecular complexity index is 560. The van der Waals surface area contributed by atoms with Gasteiger partial charge in [-0.3, -0.25) is 14.4 Å². The first-order chi connectivity index (χ1) is 12.3. The number of rotatable bonds is 4. The summed E-state index contributed by atoms with van der Waals surface area (Å²) < 4.78 is 7.92. The Hall–Kier alpha value is -1.40. The molecule has 1 aromatic rings. The average Bonchev–Trinajstić information content (AvgIpc) is 3.16. The summed E-state index contributed by atoms with van der Waals surface area (Å²) in [6.07, 6.45) is 12.4. The summed E-state index contributed by atoms with van der Waals surface area (Å²) in [5.74, 6) is 0.299. The molecule has 1 saturated carbocycles. The molecule has 3 heterocycles. The highest BCUT2D eigenvalue weighted by atomic mass is 16.5. The van der Waals surface area contributed by atoms with Crippen LogP contribution in [0.2, 0.25) is 0 Å². The van der Waals surface area contributed by atoms with Gasteiger partial charge >= 0.3 is 0 Å². The molecule has 0 radical (unpaired) electrons. The average molecular weight is 346 g/mol. The number of piperidine rings is 1. The van der Waals surface area contributed by atoms with Crippen molar-refractivity contribution >= 4 is 5.91 Å². The van der Waals surface area contributed by atoms with Crippen LogP contribution >= 0.6 is 0 Å². The predicted octanol–water partition coefficient (Wildman–Crippen LogP) is 1.91. The summed E-state index contributed by atoms with van der Waals surface area (Å²) in [5.41, 5.74) is 0. The summed E-state index contributed by atoms with van der Waals surface area (Å²) >= 11 is 0. The third kappa shape index (κ3) is 3.90. The Morgan fingerprint density at radius 3 is 2.88 bits per heavy atom. The van der Waals surface area contributed by atoms with Gasteiger partial charge in [0, 0.05) is 25.0 Å². The van der Waals surface area contributed by atoms with Gasteiger partial charge < -0.3 is 9.64 Å². The second kappa shape index (κ2) is 7.87. The molecule has 6 heteroatoms. The van der Waals surface area contributed by atoms with E-state index in [0.717, 1.165) is 38.9 Å². The van der Waals surface area contributed by atoms with Gasteiger partial charge in [-0.15, -0.1) is 0 Å². The van der Waals surface area contributed by atoms with Crippen molar-refractivity contribution in [2.45, 2.75) is 69.7 Å². The monoisotopic (exact) mass is 346 g/mol. The summed E-state index contributed by atoms with van der Waals surface area (Å²) in [4.78, 5) is 17.6. The van der Waals surface area contributed by atoms with Crippen LogP contribution < -0.4 is 0 Å². The third-order valence-corrected chi connectivity index (χ3v) is 6.10. The second-order valence-corrected chi connectivity index (χ2v) is 7.70. The smallest absolute Gasteiger partial charge is 0.237 e. The van der Waals surface area contributed by atoms with Gasteiger partial charge in [-0.2, -0.15) is 5.10 Å². The Morgan fingerprint density at radius 2 is 2.00 bits per heavy atom. The maximum Gasteiger partial charge on any atom is 0.237 e. The molecule has 0 unspecified atom stereocenters. The number of amides is 1. The third-order valence-electron chi connectivity index (χ3n) is 6.10. The Morgan fingerprint density at radius 1 is 1.12 bits per heavy atom. The number of hydrogen-bond donors (Lipinski definition) is 0. The first-order valence-electron chi connectivity index (χ1n) is 9.94. The maximum absolute atomic E-state index is 13.1. The molecule has 0 bridgehead atoms. The zero-order valence-corrected chi connectivity index (χ0v) is 15.1. The lowest BCUT2D eigenvalue weighted by atomic mass is 9.90. The molecule has 0 aromatic carbocycles. The van der Waals surface area contributed by atoms with Gasteiger partial charge in [0.05, 0.1) is 31.8 Å². The van der Waals surface area contributed by atoms with Crippen molar-refractivity contribution in [2.75, 3.05) is 26.2 Å². The van der Waals surface area contributed by atoms with Crippen LogP contribution in [0.25, 0.3) is 0 Å². The lowest BCUT2D eigenvalue weighted by Gasteiger charge is -2.45. The van der Waals surface area contributed by atoms with Gasteiger partial charge in [0.1, 0.15) is 0 Å². The van der Waals surface area contributed by atoms with Crippen LogP contribution in [0, 0.1) is 0 Å². The minimum atomic E-state index is 0.271. The normalized spacial score (nSPS) is 30.9. The van der Waals surface area contributed by atoms with Gasteiger partial charge in [-0.1, -0.05) is 19.3 Å². The van der Waals surface area contributed by atoms with Crippen molar-refractivity contribution in [1.82, 2.24) is 19.6 Å². The van der Waals surface area contributed by atoms with Crippen LogP contribution in [0.4, 0.5) is 0 Å². The van der Waals surface area contributed by atoms with Crippen molar-refractivity contribution in [1.29, 1.82) is 0 Å². The van der Waals surface area contributed by atoms with Crippen LogP contribution in [-0.4, -0.2) is 69.9 Å². The van der Waals surface area contributed by atoms with Gasteiger partial charge in [0.2, 0.25) is 5.91 Å². The largest absolute Gasteiger partial charge is 0.374 e. The summed E-state index contributed by atoms with van der Waals surface area (Å²) in [5, 5.41) is 4.35. The molecule has 1 aromatic heterocycles. The van der Waals surface area contributed by atoms with E-state index in [2.05, 4.69) is 14.9 Å². The number of carbonyl (C=O) groups excluding carboxylic acids is 1. The highest BCUT2D eigenvalue weighted by Gasteiger charge is 2.37. The second-order valence-electron chi connectivity index (χ2n) is 7.70. The van der Waals surface area contributed by atoms with Gasteiger partial charge in [0.15, 0.2) is 0 Å². The number of carbonyl (C=O) groups is 1. The molecule has 4 rings (SSSR count). The SMILES string of the molecule is O=C(CN1CCCC[C@@H]1Cn1cccn1)N1CCO[C@H]2CCCC[C@H]21. The quantitative estimate of drug-likeness (QED) is 0.836. The van der Waals surface area contributed by atoms with Crippen LogP contribution in [0.5, 0.6) is 0 Å². The Kier molecular flexibility index (Phi) is 5.36. The summed E-state index contributed by atoms with van der Waals surface area (Å²) in [7, 11) is 0. The summed E-state index contributed by atoms with van der Waals surface area (Å²) in [6, 6.07) is 2.69. The van der Waals surface area contributed by atoms with Crippen LogP contribution in [0.1, 0.15) is 44.9 Å². The first kappa shape index (κ1) is 17.0. The molecule has 3 atom stereocenters. The molecule has 1 aliphatic carbocycles. The zero-order valence-electron chi connectivity index (χ0n) is 15.1. The number of fused-ring (bicyclic) bond motifs is 1. The van der Waals surface area contributed by atoms with E-state index in [1.807, 2.05) is 23.1 Å². The fourth-order valence-corrected chi connectivity index (χ4v) is 4.77. The van der Waals surface area contributed by atoms with Crippen LogP contribution in [0.3, 0.4) is 0 Å². The molecular formula is C19H30N4O2. The fourth-order valence-electron chi connectivity index (χ4n) is 4.77. The minimum absolute atomic E-state index is 0.271. The van der Waals surface area contributed by atoms with E-state index in [9.17, 15) is 4.79 Å². The van der Waals surface area contributed by atoms with Crippen molar-refractivity contribution < 1.29 is 9.53 Å². The van der Waals surface area contributed by atoms with Crippen LogP contribution in [-0.2, 0) is 16.1 Å². The van der Waals surface area contributed by atoms with Crippen molar-refractivity contribution in [3.8, 4) is 0 Å².